The zero-order chi connectivity index (χ0) is 12.8. The lowest BCUT2D eigenvalue weighted by molar-refractivity contribution is -0.0428. The summed E-state index contributed by atoms with van der Waals surface area (Å²) in [5, 5.41) is 10.1. The van der Waals surface area contributed by atoms with Crippen LogP contribution in [0, 0.1) is 5.92 Å². The van der Waals surface area contributed by atoms with E-state index >= 15 is 0 Å². The maximum Gasteiger partial charge on any atom is 0.179 e. The van der Waals surface area contributed by atoms with Crippen LogP contribution in [-0.2, 0) is 14.6 Å². The molecule has 0 radical (unpaired) electrons. The second kappa shape index (κ2) is 4.33. The van der Waals surface area contributed by atoms with Gasteiger partial charge < -0.3 is 9.84 Å². The van der Waals surface area contributed by atoms with Gasteiger partial charge in [-0.1, -0.05) is 18.2 Å². The summed E-state index contributed by atoms with van der Waals surface area (Å²) < 4.78 is 29.6. The molecule has 1 N–H and O–H groups in total. The van der Waals surface area contributed by atoms with Gasteiger partial charge in [-0.05, 0) is 18.1 Å². The summed E-state index contributed by atoms with van der Waals surface area (Å²) >= 11 is 0. The lowest BCUT2D eigenvalue weighted by atomic mass is 9.82. The molecule has 3 rings (SSSR count). The van der Waals surface area contributed by atoms with Crippen LogP contribution >= 0.6 is 0 Å². The Bertz CT molecular complexity index is 552. The topological polar surface area (TPSA) is 63.6 Å². The minimum absolute atomic E-state index is 0.0947. The highest BCUT2D eigenvalue weighted by Gasteiger charge is 2.42. The number of rotatable bonds is 1. The van der Waals surface area contributed by atoms with Crippen LogP contribution in [0.25, 0.3) is 0 Å². The van der Waals surface area contributed by atoms with Gasteiger partial charge in [0.25, 0.3) is 0 Å². The molecule has 0 amide bonds. The van der Waals surface area contributed by atoms with Crippen LogP contribution in [-0.4, -0.2) is 38.6 Å². The Hall–Kier alpha value is -0.910. The van der Waals surface area contributed by atoms with Crippen LogP contribution in [0.3, 0.4) is 0 Å². The number of hydrogen-bond donors (Lipinski definition) is 1. The number of sulfone groups is 1. The lowest BCUT2D eigenvalue weighted by Crippen LogP contribution is -2.36. The van der Waals surface area contributed by atoms with Crippen molar-refractivity contribution in [3.8, 4) is 0 Å². The standard InChI is InChI=1S/C13H16O4S/c14-12-5-6-17-7-10(12)11-8-18(15,16)13-4-2-1-3-9(11)13/h1-4,10-12,14H,5-8H2. The van der Waals surface area contributed by atoms with E-state index in [1.165, 1.54) is 0 Å². The zero-order valence-electron chi connectivity index (χ0n) is 9.95. The van der Waals surface area contributed by atoms with Gasteiger partial charge >= 0.3 is 0 Å². The summed E-state index contributed by atoms with van der Waals surface area (Å²) in [6, 6.07) is 7.10. The molecule has 98 valence electrons. The molecule has 1 saturated heterocycles. The molecule has 2 aliphatic rings. The summed E-state index contributed by atoms with van der Waals surface area (Å²) in [6.07, 6.45) is 0.119. The molecule has 0 aliphatic carbocycles. The third-order valence-electron chi connectivity index (χ3n) is 3.93. The van der Waals surface area contributed by atoms with E-state index in [-0.39, 0.29) is 17.6 Å². The van der Waals surface area contributed by atoms with Crippen molar-refractivity contribution in [1.29, 1.82) is 0 Å². The molecular formula is C13H16O4S. The monoisotopic (exact) mass is 268 g/mol. The SMILES string of the molecule is O=S1(=O)CC(C2COCCC2O)c2ccccc21. The average molecular weight is 268 g/mol. The van der Waals surface area contributed by atoms with Gasteiger partial charge in [0, 0.05) is 18.4 Å². The highest BCUT2D eigenvalue weighted by atomic mass is 32.2. The quantitative estimate of drug-likeness (QED) is 0.824. The second-order valence-electron chi connectivity index (χ2n) is 5.02. The molecule has 2 aliphatic heterocycles. The van der Waals surface area contributed by atoms with E-state index in [0.717, 1.165) is 5.56 Å². The van der Waals surface area contributed by atoms with Crippen molar-refractivity contribution in [3.05, 3.63) is 29.8 Å². The van der Waals surface area contributed by atoms with Gasteiger partial charge in [0.15, 0.2) is 9.84 Å². The predicted molar refractivity (Wildman–Crippen MR) is 66.2 cm³/mol. The van der Waals surface area contributed by atoms with Crippen molar-refractivity contribution in [1.82, 2.24) is 0 Å². The molecule has 0 aromatic heterocycles. The van der Waals surface area contributed by atoms with Gasteiger partial charge in [-0.3, -0.25) is 0 Å². The van der Waals surface area contributed by atoms with Crippen molar-refractivity contribution in [2.75, 3.05) is 19.0 Å². The molecule has 0 bridgehead atoms. The molecule has 1 aromatic rings. The fourth-order valence-electron chi connectivity index (χ4n) is 2.97. The predicted octanol–water partition coefficient (Wildman–Crippen LogP) is 0.955. The summed E-state index contributed by atoms with van der Waals surface area (Å²) in [5.41, 5.74) is 0.840. The Morgan fingerprint density at radius 2 is 2.06 bits per heavy atom. The first-order chi connectivity index (χ1) is 8.59. The van der Waals surface area contributed by atoms with E-state index in [0.29, 0.717) is 24.5 Å². The highest BCUT2D eigenvalue weighted by molar-refractivity contribution is 7.91. The summed E-state index contributed by atoms with van der Waals surface area (Å²) in [5.74, 6) is -0.157. The Balaban J connectivity index is 2.00. The van der Waals surface area contributed by atoms with Crippen LogP contribution in [0.1, 0.15) is 17.9 Å². The third kappa shape index (κ3) is 1.86. The minimum atomic E-state index is -3.19. The van der Waals surface area contributed by atoms with Crippen molar-refractivity contribution in [2.24, 2.45) is 5.92 Å². The van der Waals surface area contributed by atoms with Crippen molar-refractivity contribution >= 4 is 9.84 Å². The first-order valence-electron chi connectivity index (χ1n) is 6.17. The molecule has 0 spiro atoms. The molecule has 2 heterocycles. The molecule has 1 aromatic carbocycles. The molecule has 0 saturated carbocycles. The Morgan fingerprint density at radius 3 is 2.83 bits per heavy atom. The molecule has 18 heavy (non-hydrogen) atoms. The van der Waals surface area contributed by atoms with Gasteiger partial charge in [-0.25, -0.2) is 8.42 Å². The number of aliphatic hydroxyl groups excluding tert-OH is 1. The van der Waals surface area contributed by atoms with Gasteiger partial charge in [0.1, 0.15) is 0 Å². The van der Waals surface area contributed by atoms with Crippen LogP contribution in [0.5, 0.6) is 0 Å². The van der Waals surface area contributed by atoms with E-state index in [2.05, 4.69) is 0 Å². The zero-order valence-corrected chi connectivity index (χ0v) is 10.8. The molecule has 4 nitrogen and oxygen atoms in total. The maximum absolute atomic E-state index is 12.1. The number of ether oxygens (including phenoxy) is 1. The van der Waals surface area contributed by atoms with E-state index in [1.54, 1.807) is 12.1 Å². The molecule has 1 fully saturated rings. The van der Waals surface area contributed by atoms with Crippen LogP contribution in [0.15, 0.2) is 29.2 Å². The molecular weight excluding hydrogens is 252 g/mol. The van der Waals surface area contributed by atoms with Gasteiger partial charge in [0.2, 0.25) is 0 Å². The summed E-state index contributed by atoms with van der Waals surface area (Å²) in [7, 11) is -3.19. The van der Waals surface area contributed by atoms with E-state index < -0.39 is 15.9 Å². The summed E-state index contributed by atoms with van der Waals surface area (Å²) in [4.78, 5) is 0.424. The molecule has 3 atom stereocenters. The molecule has 3 unspecified atom stereocenters. The van der Waals surface area contributed by atoms with E-state index in [4.69, 9.17) is 4.74 Å². The van der Waals surface area contributed by atoms with Gasteiger partial charge in [-0.15, -0.1) is 0 Å². The Morgan fingerprint density at radius 1 is 1.28 bits per heavy atom. The maximum atomic E-state index is 12.1. The smallest absolute Gasteiger partial charge is 0.179 e. The second-order valence-corrected chi connectivity index (χ2v) is 7.02. The van der Waals surface area contributed by atoms with Crippen molar-refractivity contribution in [2.45, 2.75) is 23.3 Å². The third-order valence-corrected chi connectivity index (χ3v) is 5.77. The number of aliphatic hydroxyl groups is 1. The van der Waals surface area contributed by atoms with Crippen LogP contribution in [0.4, 0.5) is 0 Å². The normalized spacial score (nSPS) is 34.2. The Labute approximate surface area is 107 Å². The van der Waals surface area contributed by atoms with Crippen molar-refractivity contribution < 1.29 is 18.3 Å². The largest absolute Gasteiger partial charge is 0.393 e. The molecule has 5 heteroatoms. The first kappa shape index (κ1) is 12.1. The van der Waals surface area contributed by atoms with Gasteiger partial charge in [-0.2, -0.15) is 0 Å². The first-order valence-corrected chi connectivity index (χ1v) is 7.82. The van der Waals surface area contributed by atoms with Crippen LogP contribution < -0.4 is 0 Å². The van der Waals surface area contributed by atoms with E-state index in [1.807, 2.05) is 12.1 Å². The summed E-state index contributed by atoms with van der Waals surface area (Å²) in [6.45, 7) is 0.995. The lowest BCUT2D eigenvalue weighted by Gasteiger charge is -2.32. The minimum Gasteiger partial charge on any atom is -0.393 e. The van der Waals surface area contributed by atoms with Crippen molar-refractivity contribution in [3.63, 3.8) is 0 Å². The van der Waals surface area contributed by atoms with Gasteiger partial charge in [0.05, 0.1) is 23.4 Å². The van der Waals surface area contributed by atoms with E-state index in [9.17, 15) is 13.5 Å². The highest BCUT2D eigenvalue weighted by Crippen LogP contribution is 2.41. The fraction of sp³-hybridized carbons (Fsp3) is 0.538. The number of fused-ring (bicyclic) bond motifs is 1. The number of benzene rings is 1. The van der Waals surface area contributed by atoms with Crippen LogP contribution in [0.2, 0.25) is 0 Å². The Kier molecular flexibility index (Phi) is 2.92. The number of hydrogen-bond acceptors (Lipinski definition) is 4. The average Bonchev–Trinajstić information content (AvgIpc) is 2.63. The fourth-order valence-corrected chi connectivity index (χ4v) is 4.92.